The lowest BCUT2D eigenvalue weighted by Crippen LogP contribution is -2.44. The minimum atomic E-state index is -3.41. The Hall–Kier alpha value is -0.170. The molecular formula is C10H22N2O3S. The van der Waals surface area contributed by atoms with Crippen molar-refractivity contribution in [2.75, 3.05) is 6.54 Å². The van der Waals surface area contributed by atoms with E-state index in [0.29, 0.717) is 6.54 Å². The normalized spacial score (nSPS) is 27.2. The number of nitrogens with one attached hydrogen (secondary N) is 2. The quantitative estimate of drug-likeness (QED) is 0.659. The molecule has 1 aliphatic carbocycles. The predicted octanol–water partition coefficient (Wildman–Crippen LogP) is 0.370. The van der Waals surface area contributed by atoms with Crippen LogP contribution in [-0.2, 0) is 10.2 Å². The lowest BCUT2D eigenvalue weighted by atomic mass is 9.87. The Morgan fingerprint density at radius 2 is 1.94 bits per heavy atom. The average Bonchev–Trinajstić information content (AvgIpc) is 2.14. The molecule has 0 amide bonds. The van der Waals surface area contributed by atoms with Crippen LogP contribution < -0.4 is 9.44 Å². The van der Waals surface area contributed by atoms with Crippen molar-refractivity contribution in [3.8, 4) is 0 Å². The summed E-state index contributed by atoms with van der Waals surface area (Å²) in [6.45, 7) is 3.87. The van der Waals surface area contributed by atoms with Gasteiger partial charge in [0.25, 0.3) is 10.2 Å². The van der Waals surface area contributed by atoms with E-state index >= 15 is 0 Å². The van der Waals surface area contributed by atoms with Gasteiger partial charge in [-0.3, -0.25) is 0 Å². The van der Waals surface area contributed by atoms with Crippen molar-refractivity contribution in [1.82, 2.24) is 9.44 Å². The van der Waals surface area contributed by atoms with E-state index < -0.39 is 10.2 Å². The topological polar surface area (TPSA) is 78.4 Å². The number of rotatable bonds is 5. The van der Waals surface area contributed by atoms with Gasteiger partial charge in [-0.25, -0.2) is 4.72 Å². The van der Waals surface area contributed by atoms with Crippen molar-refractivity contribution in [3.63, 3.8) is 0 Å². The molecule has 0 spiro atoms. The molecule has 0 aromatic carbocycles. The Morgan fingerprint density at radius 1 is 1.31 bits per heavy atom. The molecule has 0 bridgehead atoms. The zero-order chi connectivity index (χ0) is 12.2. The molecule has 1 saturated carbocycles. The van der Waals surface area contributed by atoms with E-state index in [4.69, 9.17) is 0 Å². The molecule has 3 N–H and O–H groups in total. The van der Waals surface area contributed by atoms with Gasteiger partial charge in [0.15, 0.2) is 0 Å². The fraction of sp³-hybridized carbons (Fsp3) is 1.00. The number of hydrogen-bond acceptors (Lipinski definition) is 3. The van der Waals surface area contributed by atoms with E-state index in [2.05, 4.69) is 9.44 Å². The Balaban J connectivity index is 2.38. The summed E-state index contributed by atoms with van der Waals surface area (Å²) in [4.78, 5) is 0. The van der Waals surface area contributed by atoms with E-state index in [1.165, 1.54) is 0 Å². The van der Waals surface area contributed by atoms with Gasteiger partial charge >= 0.3 is 0 Å². The van der Waals surface area contributed by atoms with Crippen LogP contribution in [0.2, 0.25) is 0 Å². The summed E-state index contributed by atoms with van der Waals surface area (Å²) < 4.78 is 27.9. The highest BCUT2D eigenvalue weighted by Gasteiger charge is 2.24. The van der Waals surface area contributed by atoms with Crippen molar-refractivity contribution < 1.29 is 13.5 Å². The van der Waals surface area contributed by atoms with Crippen LogP contribution in [0.4, 0.5) is 0 Å². The first-order valence-electron chi connectivity index (χ1n) is 5.85. The summed E-state index contributed by atoms with van der Waals surface area (Å²) in [6, 6.07) is -0.117. The second-order valence-corrected chi connectivity index (χ2v) is 6.27. The standard InChI is InChI=1S/C10H22N2O3S/c1-8(2)12-16(14,15)11-7-9-5-3-4-6-10(9)13/h8-13H,3-7H2,1-2H3. The Morgan fingerprint density at radius 3 is 2.50 bits per heavy atom. The number of aliphatic hydroxyl groups excluding tert-OH is 1. The zero-order valence-corrected chi connectivity index (χ0v) is 10.8. The van der Waals surface area contributed by atoms with Crippen LogP contribution in [0.5, 0.6) is 0 Å². The van der Waals surface area contributed by atoms with Gasteiger partial charge in [0.2, 0.25) is 0 Å². The van der Waals surface area contributed by atoms with Gasteiger partial charge < -0.3 is 5.11 Å². The molecule has 1 aliphatic rings. The summed E-state index contributed by atoms with van der Waals surface area (Å²) in [5.74, 6) is 0.0532. The van der Waals surface area contributed by atoms with Crippen LogP contribution >= 0.6 is 0 Å². The molecule has 1 fully saturated rings. The minimum Gasteiger partial charge on any atom is -0.393 e. The van der Waals surface area contributed by atoms with E-state index in [9.17, 15) is 13.5 Å². The first-order chi connectivity index (χ1) is 7.41. The molecule has 0 aromatic rings. The SMILES string of the molecule is CC(C)NS(=O)(=O)NCC1CCCCC1O. The molecule has 6 heteroatoms. The van der Waals surface area contributed by atoms with Gasteiger partial charge in [-0.05, 0) is 32.6 Å². The highest BCUT2D eigenvalue weighted by Crippen LogP contribution is 2.23. The fourth-order valence-corrected chi connectivity index (χ4v) is 3.13. The van der Waals surface area contributed by atoms with Crippen molar-refractivity contribution >= 4 is 10.2 Å². The van der Waals surface area contributed by atoms with E-state index in [1.54, 1.807) is 13.8 Å². The molecule has 0 radical (unpaired) electrons. The lowest BCUT2D eigenvalue weighted by Gasteiger charge is -2.27. The van der Waals surface area contributed by atoms with Gasteiger partial charge in [0, 0.05) is 12.6 Å². The zero-order valence-electron chi connectivity index (χ0n) is 9.94. The van der Waals surface area contributed by atoms with Gasteiger partial charge in [-0.1, -0.05) is 12.8 Å². The fourth-order valence-electron chi connectivity index (χ4n) is 1.99. The Labute approximate surface area is 97.8 Å². The third-order valence-corrected chi connectivity index (χ3v) is 4.12. The second kappa shape index (κ2) is 5.95. The van der Waals surface area contributed by atoms with Crippen LogP contribution in [0.15, 0.2) is 0 Å². The van der Waals surface area contributed by atoms with Crippen molar-refractivity contribution in [3.05, 3.63) is 0 Å². The highest BCUT2D eigenvalue weighted by molar-refractivity contribution is 7.87. The number of hydrogen-bond donors (Lipinski definition) is 3. The summed E-state index contributed by atoms with van der Waals surface area (Å²) >= 11 is 0. The van der Waals surface area contributed by atoms with Crippen molar-refractivity contribution in [2.24, 2.45) is 5.92 Å². The second-order valence-electron chi connectivity index (χ2n) is 4.74. The molecule has 0 heterocycles. The maximum atomic E-state index is 11.5. The van der Waals surface area contributed by atoms with Crippen LogP contribution in [0, 0.1) is 5.92 Å². The lowest BCUT2D eigenvalue weighted by molar-refractivity contribution is 0.0724. The Bertz CT molecular complexity index is 303. The van der Waals surface area contributed by atoms with E-state index in [1.807, 2.05) is 0 Å². The van der Waals surface area contributed by atoms with Gasteiger partial charge in [0.1, 0.15) is 0 Å². The summed E-state index contributed by atoms with van der Waals surface area (Å²) in [6.07, 6.45) is 3.42. The van der Waals surface area contributed by atoms with Crippen LogP contribution in [0.3, 0.4) is 0 Å². The molecule has 1 rings (SSSR count). The highest BCUT2D eigenvalue weighted by atomic mass is 32.2. The largest absolute Gasteiger partial charge is 0.393 e. The molecule has 0 aromatic heterocycles. The van der Waals surface area contributed by atoms with E-state index in [0.717, 1.165) is 25.7 Å². The third-order valence-electron chi connectivity index (χ3n) is 2.80. The molecule has 5 nitrogen and oxygen atoms in total. The van der Waals surface area contributed by atoms with Crippen LogP contribution in [-0.4, -0.2) is 32.2 Å². The summed E-state index contributed by atoms with van der Waals surface area (Å²) in [5, 5.41) is 9.69. The maximum Gasteiger partial charge on any atom is 0.277 e. The van der Waals surface area contributed by atoms with Gasteiger partial charge in [-0.2, -0.15) is 13.1 Å². The maximum absolute atomic E-state index is 11.5. The average molecular weight is 250 g/mol. The molecule has 0 saturated heterocycles. The molecule has 96 valence electrons. The first kappa shape index (κ1) is 13.9. The third kappa shape index (κ3) is 4.78. The predicted molar refractivity (Wildman–Crippen MR) is 63.2 cm³/mol. The molecule has 2 unspecified atom stereocenters. The minimum absolute atomic E-state index is 0.0532. The Kier molecular flexibility index (Phi) is 5.17. The molecular weight excluding hydrogens is 228 g/mol. The van der Waals surface area contributed by atoms with Crippen LogP contribution in [0.1, 0.15) is 39.5 Å². The molecule has 16 heavy (non-hydrogen) atoms. The van der Waals surface area contributed by atoms with Crippen molar-refractivity contribution in [2.45, 2.75) is 51.7 Å². The number of aliphatic hydroxyl groups is 1. The summed E-state index contributed by atoms with van der Waals surface area (Å²) in [7, 11) is -3.41. The molecule has 0 aliphatic heterocycles. The first-order valence-corrected chi connectivity index (χ1v) is 7.34. The molecule has 2 atom stereocenters. The van der Waals surface area contributed by atoms with Gasteiger partial charge in [0.05, 0.1) is 6.10 Å². The summed E-state index contributed by atoms with van der Waals surface area (Å²) in [5.41, 5.74) is 0. The monoisotopic (exact) mass is 250 g/mol. The van der Waals surface area contributed by atoms with Crippen LogP contribution in [0.25, 0.3) is 0 Å². The van der Waals surface area contributed by atoms with E-state index in [-0.39, 0.29) is 18.1 Å². The smallest absolute Gasteiger partial charge is 0.277 e. The van der Waals surface area contributed by atoms with Crippen molar-refractivity contribution in [1.29, 1.82) is 0 Å². The van der Waals surface area contributed by atoms with Gasteiger partial charge in [-0.15, -0.1) is 0 Å².